The Morgan fingerprint density at radius 3 is 3.00 bits per heavy atom. The molecule has 0 N–H and O–H groups in total. The van der Waals surface area contributed by atoms with Crippen molar-refractivity contribution >= 4 is 33.6 Å². The van der Waals surface area contributed by atoms with Crippen molar-refractivity contribution in [2.75, 3.05) is 0 Å². The van der Waals surface area contributed by atoms with E-state index in [1.165, 1.54) is 0 Å². The van der Waals surface area contributed by atoms with Crippen LogP contribution < -0.4 is 0 Å². The molecule has 0 fully saturated rings. The van der Waals surface area contributed by atoms with Crippen LogP contribution in [-0.2, 0) is 0 Å². The molecule has 3 nitrogen and oxygen atoms in total. The van der Waals surface area contributed by atoms with E-state index in [4.69, 9.17) is 0 Å². The second-order valence-corrected chi connectivity index (χ2v) is 3.63. The van der Waals surface area contributed by atoms with E-state index in [0.717, 1.165) is 20.3 Å². The van der Waals surface area contributed by atoms with Gasteiger partial charge < -0.3 is 0 Å². The molecule has 0 aliphatic rings. The van der Waals surface area contributed by atoms with Gasteiger partial charge in [-0.3, -0.25) is 0 Å². The largest absolute Gasteiger partial charge is 0.240 e. The number of pyridine rings is 1. The number of rotatable bonds is 0. The molecular formula is C8H6IN3. The van der Waals surface area contributed by atoms with Crippen molar-refractivity contribution in [3.8, 4) is 0 Å². The highest BCUT2D eigenvalue weighted by molar-refractivity contribution is 14.1. The Bertz CT molecular complexity index is 428. The van der Waals surface area contributed by atoms with Gasteiger partial charge in [-0.1, -0.05) is 0 Å². The molecule has 0 atom stereocenters. The molecule has 0 aliphatic carbocycles. The third-order valence-electron chi connectivity index (χ3n) is 1.63. The van der Waals surface area contributed by atoms with Crippen molar-refractivity contribution in [2.24, 2.45) is 0 Å². The van der Waals surface area contributed by atoms with E-state index in [-0.39, 0.29) is 0 Å². The number of aryl methyl sites for hydroxylation is 1. The predicted octanol–water partition coefficient (Wildman–Crippen LogP) is 1.94. The van der Waals surface area contributed by atoms with E-state index in [9.17, 15) is 0 Å². The zero-order valence-electron chi connectivity index (χ0n) is 6.45. The highest BCUT2D eigenvalue weighted by Crippen LogP contribution is 2.13. The van der Waals surface area contributed by atoms with Crippen LogP contribution in [0.3, 0.4) is 0 Å². The van der Waals surface area contributed by atoms with Crippen molar-refractivity contribution in [3.05, 3.63) is 27.6 Å². The number of aromatic nitrogens is 3. The molecule has 0 aromatic carbocycles. The van der Waals surface area contributed by atoms with E-state index in [2.05, 4.69) is 37.8 Å². The Balaban J connectivity index is 2.88. The highest BCUT2D eigenvalue weighted by Gasteiger charge is 1.99. The van der Waals surface area contributed by atoms with Crippen LogP contribution in [0.1, 0.15) is 5.56 Å². The van der Waals surface area contributed by atoms with Crippen LogP contribution in [0.15, 0.2) is 18.3 Å². The van der Waals surface area contributed by atoms with Crippen molar-refractivity contribution in [1.82, 2.24) is 15.2 Å². The zero-order valence-corrected chi connectivity index (χ0v) is 8.61. The van der Waals surface area contributed by atoms with E-state index in [0.29, 0.717) is 0 Å². The van der Waals surface area contributed by atoms with Crippen molar-refractivity contribution < 1.29 is 0 Å². The molecule has 0 radical (unpaired) electrons. The van der Waals surface area contributed by atoms with E-state index in [1.54, 1.807) is 6.20 Å². The quantitative estimate of drug-likeness (QED) is 0.543. The summed E-state index contributed by atoms with van der Waals surface area (Å²) < 4.78 is 0.983. The van der Waals surface area contributed by atoms with Gasteiger partial charge in [0.05, 0.1) is 11.7 Å². The minimum absolute atomic E-state index is 0.857. The third kappa shape index (κ3) is 1.26. The fraction of sp³-hybridized carbons (Fsp3) is 0.125. The number of fused-ring (bicyclic) bond motifs is 1. The molecule has 0 saturated carbocycles. The maximum Gasteiger partial charge on any atom is 0.112 e. The van der Waals surface area contributed by atoms with Gasteiger partial charge in [-0.2, -0.15) is 5.10 Å². The van der Waals surface area contributed by atoms with Gasteiger partial charge in [-0.25, -0.2) is 4.98 Å². The average molecular weight is 271 g/mol. The maximum atomic E-state index is 4.36. The van der Waals surface area contributed by atoms with E-state index in [1.807, 2.05) is 19.1 Å². The Kier molecular flexibility index (Phi) is 1.92. The van der Waals surface area contributed by atoms with Crippen molar-refractivity contribution in [3.63, 3.8) is 0 Å². The monoisotopic (exact) mass is 271 g/mol. The predicted molar refractivity (Wildman–Crippen MR) is 54.8 cm³/mol. The number of nitrogens with zero attached hydrogens (tertiary/aromatic N) is 3. The summed E-state index contributed by atoms with van der Waals surface area (Å²) in [5, 5.41) is 7.82. The van der Waals surface area contributed by atoms with Crippen LogP contribution in [0.2, 0.25) is 0 Å². The summed E-state index contributed by atoms with van der Waals surface area (Å²) in [5.74, 6) is 0. The minimum Gasteiger partial charge on any atom is -0.240 e. The van der Waals surface area contributed by atoms with Crippen LogP contribution in [0.5, 0.6) is 0 Å². The van der Waals surface area contributed by atoms with Crippen LogP contribution in [0.25, 0.3) is 11.0 Å². The summed E-state index contributed by atoms with van der Waals surface area (Å²) in [6, 6.07) is 3.86. The lowest BCUT2D eigenvalue weighted by Crippen LogP contribution is -1.90. The SMILES string of the molecule is Cc1cnnc2ccc(I)nc12. The van der Waals surface area contributed by atoms with Gasteiger partial charge in [0.1, 0.15) is 9.22 Å². The second kappa shape index (κ2) is 2.93. The maximum absolute atomic E-state index is 4.36. The van der Waals surface area contributed by atoms with Gasteiger partial charge in [0.2, 0.25) is 0 Å². The van der Waals surface area contributed by atoms with Crippen LogP contribution >= 0.6 is 22.6 Å². The normalized spacial score (nSPS) is 10.5. The van der Waals surface area contributed by atoms with Crippen LogP contribution in [0.4, 0.5) is 0 Å². The first-order chi connectivity index (χ1) is 5.77. The molecule has 0 aliphatic heterocycles. The van der Waals surface area contributed by atoms with Gasteiger partial charge in [0.15, 0.2) is 0 Å². The van der Waals surface area contributed by atoms with E-state index < -0.39 is 0 Å². The molecule has 2 aromatic rings. The summed E-state index contributed by atoms with van der Waals surface area (Å²) in [6.45, 7) is 1.99. The molecule has 0 unspecified atom stereocenters. The van der Waals surface area contributed by atoms with Gasteiger partial charge in [0, 0.05) is 0 Å². The Morgan fingerprint density at radius 1 is 1.33 bits per heavy atom. The molecular weight excluding hydrogens is 265 g/mol. The van der Waals surface area contributed by atoms with Crippen molar-refractivity contribution in [2.45, 2.75) is 6.92 Å². The fourth-order valence-corrected chi connectivity index (χ4v) is 1.46. The summed E-state index contributed by atoms with van der Waals surface area (Å²) >= 11 is 2.19. The van der Waals surface area contributed by atoms with Gasteiger partial charge in [-0.15, -0.1) is 5.10 Å². The smallest absolute Gasteiger partial charge is 0.112 e. The molecule has 0 amide bonds. The van der Waals surface area contributed by atoms with Gasteiger partial charge in [-0.05, 0) is 47.2 Å². The fourth-order valence-electron chi connectivity index (χ4n) is 1.04. The molecule has 2 aromatic heterocycles. The van der Waals surface area contributed by atoms with Crippen LogP contribution in [0, 0.1) is 10.6 Å². The molecule has 4 heteroatoms. The van der Waals surface area contributed by atoms with Gasteiger partial charge >= 0.3 is 0 Å². The standard InChI is InChI=1S/C8H6IN3/c1-5-4-10-12-6-2-3-7(9)11-8(5)6/h2-4H,1H3. The molecule has 0 spiro atoms. The molecule has 0 saturated heterocycles. The first-order valence-corrected chi connectivity index (χ1v) is 4.60. The highest BCUT2D eigenvalue weighted by atomic mass is 127. The lowest BCUT2D eigenvalue weighted by Gasteiger charge is -1.98. The number of halogens is 1. The van der Waals surface area contributed by atoms with Crippen LogP contribution in [-0.4, -0.2) is 15.2 Å². The molecule has 2 rings (SSSR count). The first-order valence-electron chi connectivity index (χ1n) is 3.52. The average Bonchev–Trinajstić information content (AvgIpc) is 2.07. The van der Waals surface area contributed by atoms with Crippen molar-refractivity contribution in [1.29, 1.82) is 0 Å². The third-order valence-corrected chi connectivity index (χ3v) is 2.23. The van der Waals surface area contributed by atoms with Gasteiger partial charge in [0.25, 0.3) is 0 Å². The molecule has 0 bridgehead atoms. The Labute approximate surface area is 83.4 Å². The second-order valence-electron chi connectivity index (χ2n) is 2.53. The molecule has 60 valence electrons. The topological polar surface area (TPSA) is 38.7 Å². The summed E-state index contributed by atoms with van der Waals surface area (Å²) in [7, 11) is 0. The summed E-state index contributed by atoms with van der Waals surface area (Å²) in [5.41, 5.74) is 2.87. The Hall–Kier alpha value is -0.780. The summed E-state index contributed by atoms with van der Waals surface area (Å²) in [4.78, 5) is 4.36. The minimum atomic E-state index is 0.857. The summed E-state index contributed by atoms with van der Waals surface area (Å²) in [6.07, 6.45) is 1.73. The lowest BCUT2D eigenvalue weighted by atomic mass is 10.2. The first kappa shape index (κ1) is 7.85. The lowest BCUT2D eigenvalue weighted by molar-refractivity contribution is 1.05. The van der Waals surface area contributed by atoms with E-state index >= 15 is 0 Å². The number of hydrogen-bond acceptors (Lipinski definition) is 3. The number of hydrogen-bond donors (Lipinski definition) is 0. The Morgan fingerprint density at radius 2 is 2.17 bits per heavy atom. The zero-order chi connectivity index (χ0) is 8.55. The molecule has 12 heavy (non-hydrogen) atoms. The molecule has 2 heterocycles.